The molecule has 4 rings (SSSR count). The Hall–Kier alpha value is -1.65. The summed E-state index contributed by atoms with van der Waals surface area (Å²) in [6.45, 7) is 4.29. The van der Waals surface area contributed by atoms with Crippen LogP contribution in [0.15, 0.2) is 46.9 Å². The van der Waals surface area contributed by atoms with E-state index in [0.29, 0.717) is 10.9 Å². The van der Waals surface area contributed by atoms with Crippen molar-refractivity contribution in [3.8, 4) is 11.5 Å². The molecular formula is C20H21ClN2OS. The van der Waals surface area contributed by atoms with Crippen LogP contribution in [-0.2, 0) is 0 Å². The second-order valence-electron chi connectivity index (χ2n) is 6.55. The minimum Gasteiger partial charge on any atom is -0.457 e. The van der Waals surface area contributed by atoms with Gasteiger partial charge in [-0.05, 0) is 67.1 Å². The fourth-order valence-electron chi connectivity index (χ4n) is 3.46. The van der Waals surface area contributed by atoms with Gasteiger partial charge in [-0.2, -0.15) is 0 Å². The normalized spacial score (nSPS) is 20.0. The molecule has 1 fully saturated rings. The molecule has 2 aliphatic rings. The van der Waals surface area contributed by atoms with Crippen LogP contribution in [0.5, 0.6) is 11.5 Å². The Balaban J connectivity index is 1.54. The van der Waals surface area contributed by atoms with E-state index in [1.165, 1.54) is 24.2 Å². The Labute approximate surface area is 158 Å². The predicted octanol–water partition coefficient (Wildman–Crippen LogP) is 5.68. The number of amidine groups is 1. The highest BCUT2D eigenvalue weighted by Crippen LogP contribution is 2.34. The molecule has 0 amide bonds. The number of hydrogen-bond acceptors (Lipinski definition) is 4. The minimum atomic E-state index is 0.406. The molecule has 0 saturated carbocycles. The van der Waals surface area contributed by atoms with Crippen LogP contribution in [0, 0.1) is 6.92 Å². The van der Waals surface area contributed by atoms with Gasteiger partial charge in [0.2, 0.25) is 0 Å². The molecule has 1 unspecified atom stereocenters. The zero-order valence-corrected chi connectivity index (χ0v) is 15.8. The summed E-state index contributed by atoms with van der Waals surface area (Å²) in [5, 5.41) is 0.687. The second-order valence-corrected chi connectivity index (χ2v) is 7.83. The van der Waals surface area contributed by atoms with Crippen LogP contribution < -0.4 is 4.74 Å². The molecule has 0 radical (unpaired) electrons. The molecule has 5 heteroatoms. The molecule has 0 aliphatic carbocycles. The molecule has 2 aliphatic heterocycles. The summed E-state index contributed by atoms with van der Waals surface area (Å²) in [5.41, 5.74) is 2.39. The summed E-state index contributed by atoms with van der Waals surface area (Å²) >= 11 is 7.77. The van der Waals surface area contributed by atoms with E-state index < -0.39 is 0 Å². The number of rotatable bonds is 3. The molecule has 0 bridgehead atoms. The Morgan fingerprint density at radius 1 is 1.16 bits per heavy atom. The fraction of sp³-hybridized carbons (Fsp3) is 0.350. The Morgan fingerprint density at radius 3 is 2.84 bits per heavy atom. The first-order valence-corrected chi connectivity index (χ1v) is 10.0. The van der Waals surface area contributed by atoms with E-state index in [-0.39, 0.29) is 0 Å². The van der Waals surface area contributed by atoms with Gasteiger partial charge in [-0.1, -0.05) is 29.8 Å². The van der Waals surface area contributed by atoms with E-state index in [1.54, 1.807) is 11.9 Å². The zero-order chi connectivity index (χ0) is 17.2. The summed E-state index contributed by atoms with van der Waals surface area (Å²) in [4.78, 5) is 2.45. The van der Waals surface area contributed by atoms with Crippen LogP contribution >= 0.6 is 23.5 Å². The summed E-state index contributed by atoms with van der Waals surface area (Å²) < 4.78 is 10.7. The lowest BCUT2D eigenvalue weighted by Crippen LogP contribution is -2.42. The average Bonchev–Trinajstić information content (AvgIpc) is 2.65. The third-order valence-electron chi connectivity index (χ3n) is 4.83. The average molecular weight is 373 g/mol. The lowest BCUT2D eigenvalue weighted by Gasteiger charge is -2.37. The number of piperidine rings is 1. The first-order valence-electron chi connectivity index (χ1n) is 8.69. The van der Waals surface area contributed by atoms with Crippen molar-refractivity contribution < 1.29 is 4.74 Å². The molecular weight excluding hydrogens is 352 g/mol. The monoisotopic (exact) mass is 372 g/mol. The number of hydrogen-bond donors (Lipinski definition) is 0. The van der Waals surface area contributed by atoms with Crippen LogP contribution in [0.3, 0.4) is 0 Å². The number of halogens is 1. The molecule has 25 heavy (non-hydrogen) atoms. The lowest BCUT2D eigenvalue weighted by molar-refractivity contribution is 0.371. The van der Waals surface area contributed by atoms with Crippen LogP contribution in [0.25, 0.3) is 0 Å². The predicted molar refractivity (Wildman–Crippen MR) is 106 cm³/mol. The van der Waals surface area contributed by atoms with Gasteiger partial charge in [-0.15, -0.1) is 0 Å². The third-order valence-corrected chi connectivity index (χ3v) is 5.74. The summed E-state index contributed by atoms with van der Waals surface area (Å²) in [7, 11) is 0. The van der Waals surface area contributed by atoms with Gasteiger partial charge < -0.3 is 9.64 Å². The smallest absolute Gasteiger partial charge is 0.131 e. The second kappa shape index (κ2) is 7.30. The van der Waals surface area contributed by atoms with Gasteiger partial charge in [0.15, 0.2) is 0 Å². The molecule has 1 atom stereocenters. The number of ether oxygens (including phenoxy) is 1. The number of fused-ring (bicyclic) bond motifs is 1. The third kappa shape index (κ3) is 3.65. The standard InChI is InChI=1S/C20H21ClN2OS/c1-14-4-7-16(21)13-19(14)24-17-8-5-15(6-9-17)18-3-2-10-23-11-12-25-22-20(18)23/h4-9,13,18H,2-3,10-12H2,1H3. The quantitative estimate of drug-likeness (QED) is 0.648. The van der Waals surface area contributed by atoms with Gasteiger partial charge in [0.1, 0.15) is 17.3 Å². The first kappa shape index (κ1) is 16.8. The molecule has 2 heterocycles. The molecule has 0 N–H and O–H groups in total. The summed E-state index contributed by atoms with van der Waals surface area (Å²) in [6, 6.07) is 14.1. The van der Waals surface area contributed by atoms with Crippen molar-refractivity contribution in [1.29, 1.82) is 0 Å². The number of nitrogens with zero attached hydrogens (tertiary/aromatic N) is 2. The van der Waals surface area contributed by atoms with E-state index in [4.69, 9.17) is 20.7 Å². The van der Waals surface area contributed by atoms with Crippen molar-refractivity contribution in [3.63, 3.8) is 0 Å². The Morgan fingerprint density at radius 2 is 2.00 bits per heavy atom. The molecule has 0 aromatic heterocycles. The van der Waals surface area contributed by atoms with E-state index in [1.807, 2.05) is 37.3 Å². The van der Waals surface area contributed by atoms with Gasteiger partial charge in [-0.3, -0.25) is 0 Å². The molecule has 2 aromatic rings. The maximum atomic E-state index is 6.07. The molecule has 0 spiro atoms. The highest BCUT2D eigenvalue weighted by molar-refractivity contribution is 7.98. The molecule has 3 nitrogen and oxygen atoms in total. The van der Waals surface area contributed by atoms with Crippen molar-refractivity contribution in [2.45, 2.75) is 25.7 Å². The largest absolute Gasteiger partial charge is 0.457 e. The fourth-order valence-corrected chi connectivity index (χ4v) is 4.39. The number of aryl methyl sites for hydroxylation is 1. The van der Waals surface area contributed by atoms with Crippen molar-refractivity contribution >= 4 is 29.4 Å². The molecule has 2 aromatic carbocycles. The van der Waals surface area contributed by atoms with Crippen LogP contribution in [0.4, 0.5) is 0 Å². The Bertz CT molecular complexity index is 791. The lowest BCUT2D eigenvalue weighted by atomic mass is 9.89. The maximum Gasteiger partial charge on any atom is 0.131 e. The van der Waals surface area contributed by atoms with Crippen molar-refractivity contribution in [2.75, 3.05) is 18.8 Å². The zero-order valence-electron chi connectivity index (χ0n) is 14.2. The topological polar surface area (TPSA) is 24.8 Å². The van der Waals surface area contributed by atoms with Gasteiger partial charge in [0, 0.05) is 29.8 Å². The van der Waals surface area contributed by atoms with Crippen molar-refractivity contribution in [2.24, 2.45) is 4.40 Å². The van der Waals surface area contributed by atoms with E-state index in [0.717, 1.165) is 35.9 Å². The minimum absolute atomic E-state index is 0.406. The molecule has 1 saturated heterocycles. The number of benzene rings is 2. The van der Waals surface area contributed by atoms with Crippen molar-refractivity contribution in [3.05, 3.63) is 58.6 Å². The highest BCUT2D eigenvalue weighted by atomic mass is 35.5. The SMILES string of the molecule is Cc1ccc(Cl)cc1Oc1ccc(C2CCCN3CCSN=C23)cc1. The van der Waals surface area contributed by atoms with Gasteiger partial charge in [0.05, 0.1) is 0 Å². The van der Waals surface area contributed by atoms with Crippen LogP contribution in [0.1, 0.15) is 29.9 Å². The van der Waals surface area contributed by atoms with Gasteiger partial charge in [0.25, 0.3) is 0 Å². The van der Waals surface area contributed by atoms with Gasteiger partial charge in [-0.25, -0.2) is 4.40 Å². The summed E-state index contributed by atoms with van der Waals surface area (Å²) in [5.74, 6) is 4.39. The Kier molecular flexibility index (Phi) is 4.91. The van der Waals surface area contributed by atoms with Crippen LogP contribution in [-0.4, -0.2) is 29.6 Å². The summed E-state index contributed by atoms with van der Waals surface area (Å²) in [6.07, 6.45) is 2.40. The van der Waals surface area contributed by atoms with E-state index in [2.05, 4.69) is 17.0 Å². The molecule has 130 valence electrons. The van der Waals surface area contributed by atoms with E-state index in [9.17, 15) is 0 Å². The van der Waals surface area contributed by atoms with Crippen LogP contribution in [0.2, 0.25) is 5.02 Å². The first-order chi connectivity index (χ1) is 12.2. The van der Waals surface area contributed by atoms with Crippen molar-refractivity contribution in [1.82, 2.24) is 4.90 Å². The highest BCUT2D eigenvalue weighted by Gasteiger charge is 2.29. The maximum absolute atomic E-state index is 6.07. The van der Waals surface area contributed by atoms with Gasteiger partial charge >= 0.3 is 0 Å². The van der Waals surface area contributed by atoms with E-state index >= 15 is 0 Å².